The summed E-state index contributed by atoms with van der Waals surface area (Å²) in [5.41, 5.74) is 2.34. The van der Waals surface area contributed by atoms with Gasteiger partial charge < -0.3 is 10.1 Å². The summed E-state index contributed by atoms with van der Waals surface area (Å²) in [5, 5.41) is 3.42. The first-order valence-electron chi connectivity index (χ1n) is 8.09. The van der Waals surface area contributed by atoms with Crippen LogP contribution in [0.5, 0.6) is 5.75 Å². The van der Waals surface area contributed by atoms with Crippen LogP contribution < -0.4 is 10.1 Å². The Kier molecular flexibility index (Phi) is 5.26. The van der Waals surface area contributed by atoms with Gasteiger partial charge in [-0.2, -0.15) is 0 Å². The van der Waals surface area contributed by atoms with E-state index in [2.05, 4.69) is 22.3 Å². The third-order valence-electron chi connectivity index (χ3n) is 4.43. The second-order valence-electron chi connectivity index (χ2n) is 5.91. The molecule has 1 atom stereocenters. The number of nitrogens with zero attached hydrogens (tertiary/aromatic N) is 1. The molecule has 2 aromatic rings. The molecule has 122 valence electrons. The van der Waals surface area contributed by atoms with Crippen molar-refractivity contribution in [1.82, 2.24) is 10.2 Å². The Morgan fingerprint density at radius 1 is 1.22 bits per heavy atom. The fraction of sp³-hybridized carbons (Fsp3) is 0.368. The van der Waals surface area contributed by atoms with E-state index in [4.69, 9.17) is 4.74 Å². The summed E-state index contributed by atoms with van der Waals surface area (Å²) in [4.78, 5) is 2.44. The maximum atomic E-state index is 13.5. The first kappa shape index (κ1) is 16.0. The largest absolute Gasteiger partial charge is 0.497 e. The molecule has 0 bridgehead atoms. The van der Waals surface area contributed by atoms with Gasteiger partial charge in [0, 0.05) is 32.2 Å². The van der Waals surface area contributed by atoms with Gasteiger partial charge in [0.15, 0.2) is 0 Å². The molecule has 0 spiro atoms. The van der Waals surface area contributed by atoms with E-state index >= 15 is 0 Å². The first-order chi connectivity index (χ1) is 11.3. The Balaban J connectivity index is 1.66. The molecule has 2 aromatic carbocycles. The van der Waals surface area contributed by atoms with Crippen LogP contribution in [0.15, 0.2) is 48.5 Å². The minimum atomic E-state index is -0.164. The molecule has 4 heteroatoms. The van der Waals surface area contributed by atoms with Gasteiger partial charge in [-0.25, -0.2) is 4.39 Å². The molecule has 0 radical (unpaired) electrons. The minimum Gasteiger partial charge on any atom is -0.497 e. The lowest BCUT2D eigenvalue weighted by Gasteiger charge is -2.36. The molecule has 0 aliphatic carbocycles. The smallest absolute Gasteiger partial charge is 0.123 e. The number of methoxy groups -OCH3 is 1. The molecule has 1 unspecified atom stereocenters. The highest BCUT2D eigenvalue weighted by molar-refractivity contribution is 5.27. The molecule has 1 N–H and O–H groups in total. The van der Waals surface area contributed by atoms with Crippen molar-refractivity contribution in [3.63, 3.8) is 0 Å². The van der Waals surface area contributed by atoms with E-state index < -0.39 is 0 Å². The Bertz CT molecular complexity index is 630. The Morgan fingerprint density at radius 3 is 2.78 bits per heavy atom. The molecule has 0 aromatic heterocycles. The maximum Gasteiger partial charge on any atom is 0.123 e. The van der Waals surface area contributed by atoms with Crippen molar-refractivity contribution in [3.8, 4) is 5.75 Å². The summed E-state index contributed by atoms with van der Waals surface area (Å²) in [6.45, 7) is 3.80. The van der Waals surface area contributed by atoms with Gasteiger partial charge in [0.1, 0.15) is 11.6 Å². The first-order valence-corrected chi connectivity index (χ1v) is 8.09. The number of nitrogens with one attached hydrogen (secondary N) is 1. The van der Waals surface area contributed by atoms with Crippen molar-refractivity contribution in [2.24, 2.45) is 0 Å². The van der Waals surface area contributed by atoms with Crippen LogP contribution in [0.1, 0.15) is 17.2 Å². The molecule has 1 aliphatic heterocycles. The van der Waals surface area contributed by atoms with E-state index in [1.54, 1.807) is 19.2 Å². The Morgan fingerprint density at radius 2 is 2.04 bits per heavy atom. The average molecular weight is 314 g/mol. The predicted molar refractivity (Wildman–Crippen MR) is 90.3 cm³/mol. The molecular formula is C19H23FN2O. The van der Waals surface area contributed by atoms with Gasteiger partial charge in [-0.05, 0) is 41.8 Å². The average Bonchev–Trinajstić information content (AvgIpc) is 2.60. The Hall–Kier alpha value is -1.91. The summed E-state index contributed by atoms with van der Waals surface area (Å²) >= 11 is 0. The molecule has 0 saturated carbocycles. The highest BCUT2D eigenvalue weighted by Crippen LogP contribution is 2.23. The van der Waals surface area contributed by atoms with Crippen molar-refractivity contribution in [2.45, 2.75) is 12.5 Å². The third kappa shape index (κ3) is 4.09. The molecule has 1 fully saturated rings. The number of ether oxygens (including phenoxy) is 1. The van der Waals surface area contributed by atoms with E-state index in [9.17, 15) is 4.39 Å². The van der Waals surface area contributed by atoms with Gasteiger partial charge in [-0.3, -0.25) is 4.90 Å². The quantitative estimate of drug-likeness (QED) is 0.918. The van der Waals surface area contributed by atoms with E-state index in [0.717, 1.165) is 43.9 Å². The van der Waals surface area contributed by atoms with Crippen LogP contribution in [0.25, 0.3) is 0 Å². The van der Waals surface area contributed by atoms with Crippen LogP contribution in [0, 0.1) is 5.82 Å². The molecule has 3 nitrogen and oxygen atoms in total. The number of benzene rings is 2. The molecule has 23 heavy (non-hydrogen) atoms. The standard InChI is InChI=1S/C19H23FN2O/c1-23-18-7-5-15(6-8-18)9-11-22-12-10-21-14-19(22)16-3-2-4-17(20)13-16/h2-8,13,19,21H,9-12,14H2,1H3. The zero-order chi connectivity index (χ0) is 16.1. The fourth-order valence-electron chi connectivity index (χ4n) is 3.12. The Labute approximate surface area is 137 Å². The topological polar surface area (TPSA) is 24.5 Å². The molecule has 3 rings (SSSR count). The highest BCUT2D eigenvalue weighted by atomic mass is 19.1. The van der Waals surface area contributed by atoms with Crippen LogP contribution in [0.4, 0.5) is 4.39 Å². The van der Waals surface area contributed by atoms with Gasteiger partial charge in [0.2, 0.25) is 0 Å². The van der Waals surface area contributed by atoms with E-state index in [1.165, 1.54) is 11.6 Å². The number of halogens is 1. The maximum absolute atomic E-state index is 13.5. The summed E-state index contributed by atoms with van der Waals surface area (Å²) in [7, 11) is 1.68. The normalized spacial score (nSPS) is 18.8. The van der Waals surface area contributed by atoms with Crippen molar-refractivity contribution in [3.05, 3.63) is 65.5 Å². The summed E-state index contributed by atoms with van der Waals surface area (Å²) in [5.74, 6) is 0.719. The molecule has 1 saturated heterocycles. The lowest BCUT2D eigenvalue weighted by molar-refractivity contribution is 0.164. The second kappa shape index (κ2) is 7.57. The second-order valence-corrected chi connectivity index (χ2v) is 5.91. The predicted octanol–water partition coefficient (Wildman–Crippen LogP) is 3.02. The van der Waals surface area contributed by atoms with Gasteiger partial charge >= 0.3 is 0 Å². The molecule has 0 amide bonds. The number of hydrogen-bond donors (Lipinski definition) is 1. The minimum absolute atomic E-state index is 0.164. The van der Waals surface area contributed by atoms with Gasteiger partial charge in [0.25, 0.3) is 0 Å². The van der Waals surface area contributed by atoms with E-state index in [0.29, 0.717) is 0 Å². The third-order valence-corrected chi connectivity index (χ3v) is 4.43. The van der Waals surface area contributed by atoms with Crippen LogP contribution in [-0.4, -0.2) is 38.2 Å². The summed E-state index contributed by atoms with van der Waals surface area (Å²) in [6, 6.07) is 15.4. The van der Waals surface area contributed by atoms with Gasteiger partial charge in [0.05, 0.1) is 7.11 Å². The fourth-order valence-corrected chi connectivity index (χ4v) is 3.12. The summed E-state index contributed by atoms with van der Waals surface area (Å²) < 4.78 is 18.7. The van der Waals surface area contributed by atoms with E-state index in [1.807, 2.05) is 18.2 Å². The highest BCUT2D eigenvalue weighted by Gasteiger charge is 2.23. The zero-order valence-corrected chi connectivity index (χ0v) is 13.5. The molecular weight excluding hydrogens is 291 g/mol. The van der Waals surface area contributed by atoms with Crippen LogP contribution in [-0.2, 0) is 6.42 Å². The SMILES string of the molecule is COc1ccc(CCN2CCNCC2c2cccc(F)c2)cc1. The van der Waals surface area contributed by atoms with Crippen molar-refractivity contribution in [1.29, 1.82) is 0 Å². The lowest BCUT2D eigenvalue weighted by atomic mass is 10.0. The zero-order valence-electron chi connectivity index (χ0n) is 13.5. The molecule has 1 heterocycles. The van der Waals surface area contributed by atoms with Crippen LogP contribution in [0.3, 0.4) is 0 Å². The van der Waals surface area contributed by atoms with Crippen molar-refractivity contribution < 1.29 is 9.13 Å². The lowest BCUT2D eigenvalue weighted by Crippen LogP contribution is -2.46. The number of rotatable bonds is 5. The van der Waals surface area contributed by atoms with Crippen LogP contribution >= 0.6 is 0 Å². The van der Waals surface area contributed by atoms with E-state index in [-0.39, 0.29) is 11.9 Å². The number of piperazine rings is 1. The summed E-state index contributed by atoms with van der Waals surface area (Å²) in [6.07, 6.45) is 0.982. The monoisotopic (exact) mass is 314 g/mol. The van der Waals surface area contributed by atoms with Crippen molar-refractivity contribution >= 4 is 0 Å². The van der Waals surface area contributed by atoms with Gasteiger partial charge in [-0.1, -0.05) is 24.3 Å². The van der Waals surface area contributed by atoms with Crippen molar-refractivity contribution in [2.75, 3.05) is 33.3 Å². The number of hydrogen-bond acceptors (Lipinski definition) is 3. The molecule has 1 aliphatic rings. The van der Waals surface area contributed by atoms with Crippen LogP contribution in [0.2, 0.25) is 0 Å². The van der Waals surface area contributed by atoms with Gasteiger partial charge in [-0.15, -0.1) is 0 Å².